The molecule has 0 aliphatic carbocycles. The molecule has 0 spiro atoms. The Bertz CT molecular complexity index is 2040. The van der Waals surface area contributed by atoms with Gasteiger partial charge in [0.1, 0.15) is 6.04 Å². The molecule has 4 unspecified atom stereocenters. The number of nitrogens with one attached hydrogen (secondary N) is 3. The minimum absolute atomic E-state index is 0.131. The number of methoxy groups -OCH3 is 1. The number of aliphatic hydroxyl groups is 1. The lowest BCUT2D eigenvalue weighted by atomic mass is 9.81. The lowest BCUT2D eigenvalue weighted by Gasteiger charge is -2.39. The highest BCUT2D eigenvalue weighted by Crippen LogP contribution is 2.32. The zero-order valence-corrected chi connectivity index (χ0v) is 36.1. The minimum atomic E-state index is -1.09. The highest BCUT2D eigenvalue weighted by molar-refractivity contribution is 5.89. The maximum absolute atomic E-state index is 14.9. The van der Waals surface area contributed by atoms with Gasteiger partial charge in [-0.3, -0.25) is 14.6 Å². The zero-order chi connectivity index (χ0) is 43.5. The Morgan fingerprint density at radius 1 is 0.867 bits per heavy atom. The molecular formula is C48H62N6O6. The summed E-state index contributed by atoms with van der Waals surface area (Å²) in [5.41, 5.74) is 4.69. The number of benzene rings is 3. The number of rotatable bonds is 18. The standard InChI is InChI=1S/C48H62N6O6/c1-33-14-13-15-35(28-33)31-53-26-27-54(46(53)59)43(47(2,3)4)44(57)52-42(40(55)23-25-50-41(56)30-48(5,6)32-51-45(58)60-7)38(36-16-9-8-10-17-36)29-34-19-21-37(22-20-34)39-18-11-12-24-49-39/h8-22,24,28,38,40,42-43,55H,23,25-27,29-32H2,1-7H3,(H,50,56)(H,51,58)(H,52,57). The van der Waals surface area contributed by atoms with Gasteiger partial charge in [-0.15, -0.1) is 0 Å². The molecule has 0 radical (unpaired) electrons. The third-order valence-electron chi connectivity index (χ3n) is 11.0. The number of pyridine rings is 1. The molecule has 4 aromatic rings. The quantitative estimate of drug-likeness (QED) is 0.0856. The minimum Gasteiger partial charge on any atom is -0.453 e. The van der Waals surface area contributed by atoms with Gasteiger partial charge in [0.05, 0.1) is 24.9 Å². The van der Waals surface area contributed by atoms with Crippen molar-refractivity contribution in [1.29, 1.82) is 0 Å². The van der Waals surface area contributed by atoms with E-state index >= 15 is 0 Å². The molecule has 12 nitrogen and oxygen atoms in total. The van der Waals surface area contributed by atoms with Crippen LogP contribution < -0.4 is 16.0 Å². The van der Waals surface area contributed by atoms with Crippen molar-refractivity contribution in [2.75, 3.05) is 33.3 Å². The molecule has 2 heterocycles. The molecule has 1 aromatic heterocycles. The fraction of sp³-hybridized carbons (Fsp3) is 0.438. The second-order valence-corrected chi connectivity index (χ2v) is 17.7. The van der Waals surface area contributed by atoms with Crippen LogP contribution in [-0.4, -0.2) is 95.3 Å². The van der Waals surface area contributed by atoms with E-state index in [9.17, 15) is 24.3 Å². The fourth-order valence-electron chi connectivity index (χ4n) is 7.96. The first-order chi connectivity index (χ1) is 28.5. The van der Waals surface area contributed by atoms with Gasteiger partial charge in [0, 0.05) is 56.8 Å². The van der Waals surface area contributed by atoms with E-state index < -0.39 is 41.0 Å². The molecule has 1 saturated heterocycles. The molecule has 0 bridgehead atoms. The number of ether oxygens (including phenoxy) is 1. The predicted molar refractivity (Wildman–Crippen MR) is 234 cm³/mol. The van der Waals surface area contributed by atoms with Crippen LogP contribution in [0.4, 0.5) is 9.59 Å². The van der Waals surface area contributed by atoms with Gasteiger partial charge in [-0.2, -0.15) is 0 Å². The van der Waals surface area contributed by atoms with Crippen molar-refractivity contribution >= 4 is 23.9 Å². The van der Waals surface area contributed by atoms with E-state index in [4.69, 9.17) is 0 Å². The highest BCUT2D eigenvalue weighted by atomic mass is 16.5. The number of aliphatic hydroxyl groups excluding tert-OH is 1. The average Bonchev–Trinajstić information content (AvgIpc) is 3.56. The molecule has 5 amide bonds. The van der Waals surface area contributed by atoms with Gasteiger partial charge in [0.15, 0.2) is 0 Å². The lowest BCUT2D eigenvalue weighted by Crippen LogP contribution is -2.59. The van der Waals surface area contributed by atoms with Gasteiger partial charge in [0.25, 0.3) is 0 Å². The molecule has 0 saturated carbocycles. The molecule has 4 atom stereocenters. The third kappa shape index (κ3) is 12.6. The Hall–Kier alpha value is -5.75. The van der Waals surface area contributed by atoms with Crippen LogP contribution in [-0.2, 0) is 27.3 Å². The molecule has 1 aliphatic heterocycles. The number of alkyl carbamates (subject to hydrolysis) is 1. The smallest absolute Gasteiger partial charge is 0.406 e. The van der Waals surface area contributed by atoms with E-state index in [1.165, 1.54) is 7.11 Å². The molecule has 60 heavy (non-hydrogen) atoms. The Labute approximate surface area is 355 Å². The topological polar surface area (TPSA) is 153 Å². The number of hydrogen-bond acceptors (Lipinski definition) is 7. The number of carbonyl (C=O) groups excluding carboxylic acids is 4. The monoisotopic (exact) mass is 818 g/mol. The van der Waals surface area contributed by atoms with Crippen LogP contribution in [0.25, 0.3) is 11.3 Å². The van der Waals surface area contributed by atoms with E-state index in [0.29, 0.717) is 26.1 Å². The van der Waals surface area contributed by atoms with Gasteiger partial charge in [0.2, 0.25) is 11.8 Å². The van der Waals surface area contributed by atoms with Crippen molar-refractivity contribution in [2.24, 2.45) is 10.8 Å². The summed E-state index contributed by atoms with van der Waals surface area (Å²) in [7, 11) is 1.29. The summed E-state index contributed by atoms with van der Waals surface area (Å²) in [6, 6.07) is 30.0. The largest absolute Gasteiger partial charge is 0.453 e. The molecule has 3 aromatic carbocycles. The summed E-state index contributed by atoms with van der Waals surface area (Å²) in [5, 5.41) is 21.1. The number of urea groups is 1. The van der Waals surface area contributed by atoms with E-state index in [-0.39, 0.29) is 43.8 Å². The first-order valence-electron chi connectivity index (χ1n) is 20.8. The van der Waals surface area contributed by atoms with Gasteiger partial charge in [-0.05, 0) is 59.4 Å². The second kappa shape index (κ2) is 20.5. The van der Waals surface area contributed by atoms with Crippen molar-refractivity contribution < 1.29 is 29.0 Å². The first kappa shape index (κ1) is 45.3. The first-order valence-corrected chi connectivity index (χ1v) is 20.8. The average molecular weight is 819 g/mol. The summed E-state index contributed by atoms with van der Waals surface area (Å²) in [6.45, 7) is 13.3. The Balaban J connectivity index is 1.41. The van der Waals surface area contributed by atoms with E-state index in [1.54, 1.807) is 16.0 Å². The highest BCUT2D eigenvalue weighted by Gasteiger charge is 2.45. The molecule has 1 fully saturated rings. The van der Waals surface area contributed by atoms with Crippen molar-refractivity contribution in [1.82, 2.24) is 30.7 Å². The van der Waals surface area contributed by atoms with Crippen LogP contribution >= 0.6 is 0 Å². The maximum Gasteiger partial charge on any atom is 0.406 e. The third-order valence-corrected chi connectivity index (χ3v) is 11.0. The summed E-state index contributed by atoms with van der Waals surface area (Å²) in [4.78, 5) is 61.6. The van der Waals surface area contributed by atoms with E-state index in [1.807, 2.05) is 133 Å². The number of aromatic nitrogens is 1. The zero-order valence-electron chi connectivity index (χ0n) is 36.1. The van der Waals surface area contributed by atoms with Crippen LogP contribution in [0.2, 0.25) is 0 Å². The van der Waals surface area contributed by atoms with Gasteiger partial charge in [-0.25, -0.2) is 9.59 Å². The number of amides is 5. The van der Waals surface area contributed by atoms with Gasteiger partial charge < -0.3 is 35.6 Å². The van der Waals surface area contributed by atoms with Crippen LogP contribution in [0.3, 0.4) is 0 Å². The van der Waals surface area contributed by atoms with Crippen LogP contribution in [0.1, 0.15) is 75.6 Å². The summed E-state index contributed by atoms with van der Waals surface area (Å²) in [5.74, 6) is -0.979. The molecule has 320 valence electrons. The lowest BCUT2D eigenvalue weighted by molar-refractivity contribution is -0.130. The normalized spacial score (nSPS) is 15.2. The fourth-order valence-corrected chi connectivity index (χ4v) is 7.96. The summed E-state index contributed by atoms with van der Waals surface area (Å²) >= 11 is 0. The molecule has 4 N–H and O–H groups in total. The molecule has 12 heteroatoms. The van der Waals surface area contributed by atoms with Crippen molar-refractivity contribution in [2.45, 2.75) is 91.5 Å². The summed E-state index contributed by atoms with van der Waals surface area (Å²) in [6.07, 6.45) is 0.860. The van der Waals surface area contributed by atoms with Gasteiger partial charge in [-0.1, -0.05) is 125 Å². The number of carbonyl (C=O) groups is 4. The Kier molecular flexibility index (Phi) is 15.5. The van der Waals surface area contributed by atoms with Crippen molar-refractivity contribution in [3.8, 4) is 11.3 Å². The van der Waals surface area contributed by atoms with Crippen LogP contribution in [0.5, 0.6) is 0 Å². The molecule has 5 rings (SSSR count). The van der Waals surface area contributed by atoms with Crippen LogP contribution in [0.15, 0.2) is 103 Å². The predicted octanol–water partition coefficient (Wildman–Crippen LogP) is 6.86. The van der Waals surface area contributed by atoms with Crippen LogP contribution in [0, 0.1) is 17.8 Å². The SMILES string of the molecule is COC(=O)NCC(C)(C)CC(=O)NCCC(O)C(NC(=O)C(N1CCN(Cc2cccc(C)c2)C1=O)C(C)(C)C)C(Cc1ccc(-c2ccccn2)cc1)c1ccccc1. The Morgan fingerprint density at radius 2 is 1.58 bits per heavy atom. The summed E-state index contributed by atoms with van der Waals surface area (Å²) < 4.78 is 4.67. The van der Waals surface area contributed by atoms with E-state index in [0.717, 1.165) is 33.5 Å². The van der Waals surface area contributed by atoms with E-state index in [2.05, 4.69) is 31.7 Å². The van der Waals surface area contributed by atoms with Gasteiger partial charge >= 0.3 is 12.1 Å². The van der Waals surface area contributed by atoms with Crippen molar-refractivity contribution in [3.63, 3.8) is 0 Å². The second-order valence-electron chi connectivity index (χ2n) is 17.7. The number of nitrogens with zero attached hydrogens (tertiary/aromatic N) is 3. The van der Waals surface area contributed by atoms with Crippen molar-refractivity contribution in [3.05, 3.63) is 126 Å². The molecular weight excluding hydrogens is 757 g/mol. The number of hydrogen-bond donors (Lipinski definition) is 4. The molecule has 1 aliphatic rings. The Morgan fingerprint density at radius 3 is 2.23 bits per heavy atom. The number of aryl methyl sites for hydroxylation is 1. The maximum atomic E-state index is 14.9.